The van der Waals surface area contributed by atoms with E-state index in [9.17, 15) is 0 Å². The summed E-state index contributed by atoms with van der Waals surface area (Å²) in [7, 11) is 1.55. The number of nitrogens with two attached hydrogens (primary N) is 1. The van der Waals surface area contributed by atoms with Crippen molar-refractivity contribution in [2.24, 2.45) is 16.8 Å². The van der Waals surface area contributed by atoms with E-state index >= 15 is 0 Å². The van der Waals surface area contributed by atoms with E-state index in [0.717, 1.165) is 12.0 Å². The highest BCUT2D eigenvalue weighted by molar-refractivity contribution is 5.99. The number of nitrogens with zero attached hydrogens (tertiary/aromatic N) is 1. The van der Waals surface area contributed by atoms with Gasteiger partial charge in [-0.05, 0) is 30.0 Å². The number of methoxy groups -OCH3 is 1. The third kappa shape index (κ3) is 4.91. The molecule has 0 aromatic heterocycles. The van der Waals surface area contributed by atoms with Gasteiger partial charge < -0.3 is 26.1 Å². The molecule has 1 aromatic carbocycles. The molecule has 5 N–H and O–H groups in total. The number of amidine groups is 1. The van der Waals surface area contributed by atoms with Crippen molar-refractivity contribution in [3.63, 3.8) is 0 Å². The van der Waals surface area contributed by atoms with Crippen molar-refractivity contribution < 1.29 is 15.1 Å². The molecular formula is C15H25N3O3. The highest BCUT2D eigenvalue weighted by atomic mass is 16.5. The number of oxime groups is 1. The van der Waals surface area contributed by atoms with Gasteiger partial charge in [-0.15, -0.1) is 0 Å². The van der Waals surface area contributed by atoms with Gasteiger partial charge in [-0.1, -0.05) is 25.1 Å². The van der Waals surface area contributed by atoms with Crippen molar-refractivity contribution in [3.8, 4) is 5.75 Å². The van der Waals surface area contributed by atoms with Gasteiger partial charge in [0.1, 0.15) is 5.75 Å². The fourth-order valence-corrected chi connectivity index (χ4v) is 2.17. The second-order valence-electron chi connectivity index (χ2n) is 5.26. The Bertz CT molecular complexity index is 475. The minimum Gasteiger partial charge on any atom is -0.496 e. The minimum atomic E-state index is 0.0201. The number of hydrogen-bond acceptors (Lipinski definition) is 5. The maximum absolute atomic E-state index is 9.08. The molecule has 1 atom stereocenters. The van der Waals surface area contributed by atoms with Crippen LogP contribution in [0.3, 0.4) is 0 Å². The van der Waals surface area contributed by atoms with Crippen molar-refractivity contribution in [1.82, 2.24) is 5.32 Å². The summed E-state index contributed by atoms with van der Waals surface area (Å²) in [6.45, 7) is 5.07. The second kappa shape index (κ2) is 8.49. The third-order valence-electron chi connectivity index (χ3n) is 3.46. The zero-order valence-corrected chi connectivity index (χ0v) is 12.8. The number of nitrogens with one attached hydrogen (secondary N) is 1. The molecule has 0 heterocycles. The topological polar surface area (TPSA) is 100 Å². The Hall–Kier alpha value is -1.79. The van der Waals surface area contributed by atoms with Gasteiger partial charge in [0, 0.05) is 19.2 Å². The molecular weight excluding hydrogens is 270 g/mol. The van der Waals surface area contributed by atoms with Crippen LogP contribution < -0.4 is 15.8 Å². The van der Waals surface area contributed by atoms with E-state index in [1.807, 2.05) is 12.1 Å². The minimum absolute atomic E-state index is 0.0201. The van der Waals surface area contributed by atoms with Crippen LogP contribution in [0, 0.1) is 5.92 Å². The van der Waals surface area contributed by atoms with E-state index in [-0.39, 0.29) is 18.5 Å². The molecule has 0 saturated heterocycles. The number of aliphatic hydroxyl groups is 1. The van der Waals surface area contributed by atoms with Gasteiger partial charge in [0.05, 0.1) is 12.7 Å². The Morgan fingerprint density at radius 1 is 1.43 bits per heavy atom. The van der Waals surface area contributed by atoms with E-state index < -0.39 is 0 Å². The smallest absolute Gasteiger partial charge is 0.173 e. The molecule has 0 bridgehead atoms. The molecule has 0 fully saturated rings. The van der Waals surface area contributed by atoms with Crippen molar-refractivity contribution in [2.45, 2.75) is 32.9 Å². The summed E-state index contributed by atoms with van der Waals surface area (Å²) in [6, 6.07) is 5.78. The maximum Gasteiger partial charge on any atom is 0.173 e. The first kappa shape index (κ1) is 17.3. The van der Waals surface area contributed by atoms with Crippen LogP contribution in [-0.2, 0) is 6.54 Å². The summed E-state index contributed by atoms with van der Waals surface area (Å²) >= 11 is 0. The first-order valence-electron chi connectivity index (χ1n) is 7.02. The normalized spacial score (nSPS) is 13.5. The van der Waals surface area contributed by atoms with Crippen molar-refractivity contribution in [1.29, 1.82) is 0 Å². The molecule has 0 aliphatic carbocycles. The highest BCUT2D eigenvalue weighted by Crippen LogP contribution is 2.20. The average molecular weight is 295 g/mol. The lowest BCUT2D eigenvalue weighted by molar-refractivity contribution is 0.244. The summed E-state index contributed by atoms with van der Waals surface area (Å²) in [6.07, 6.45) is 0.719. The molecule has 0 amide bonds. The fraction of sp³-hybridized carbons (Fsp3) is 0.533. The monoisotopic (exact) mass is 295 g/mol. The summed E-state index contributed by atoms with van der Waals surface area (Å²) in [4.78, 5) is 0. The molecule has 1 rings (SSSR count). The van der Waals surface area contributed by atoms with E-state index in [4.69, 9.17) is 20.8 Å². The van der Waals surface area contributed by atoms with Crippen molar-refractivity contribution in [2.75, 3.05) is 13.7 Å². The molecule has 0 aliphatic heterocycles. The quantitative estimate of drug-likeness (QED) is 0.251. The van der Waals surface area contributed by atoms with Gasteiger partial charge in [0.2, 0.25) is 0 Å². The van der Waals surface area contributed by atoms with E-state index in [1.54, 1.807) is 13.2 Å². The molecule has 0 radical (unpaired) electrons. The summed E-state index contributed by atoms with van der Waals surface area (Å²) < 4.78 is 5.27. The Labute approximate surface area is 125 Å². The standard InChI is InChI=1S/C15H25N3O3/c1-10(2)13(6-7-19)17-9-11-4-5-12(15(16)18-20)14(8-11)21-3/h4-5,8,10,13,17,19-20H,6-7,9H2,1-3H3,(H2,16,18). The summed E-state index contributed by atoms with van der Waals surface area (Å²) in [5.74, 6) is 1.02. The fourth-order valence-electron chi connectivity index (χ4n) is 2.17. The maximum atomic E-state index is 9.08. The lowest BCUT2D eigenvalue weighted by atomic mass is 10.0. The number of benzene rings is 1. The Morgan fingerprint density at radius 2 is 2.14 bits per heavy atom. The van der Waals surface area contributed by atoms with E-state index in [2.05, 4.69) is 24.3 Å². The van der Waals surface area contributed by atoms with Crippen LogP contribution in [0.4, 0.5) is 0 Å². The zero-order chi connectivity index (χ0) is 15.8. The molecule has 0 spiro atoms. The second-order valence-corrected chi connectivity index (χ2v) is 5.26. The average Bonchev–Trinajstić information content (AvgIpc) is 2.49. The van der Waals surface area contributed by atoms with Crippen LogP contribution in [0.1, 0.15) is 31.4 Å². The largest absolute Gasteiger partial charge is 0.496 e. The molecule has 118 valence electrons. The summed E-state index contributed by atoms with van der Waals surface area (Å²) in [5.41, 5.74) is 7.19. The Morgan fingerprint density at radius 3 is 2.67 bits per heavy atom. The van der Waals surface area contributed by atoms with Crippen molar-refractivity contribution >= 4 is 5.84 Å². The van der Waals surface area contributed by atoms with Gasteiger partial charge >= 0.3 is 0 Å². The summed E-state index contributed by atoms with van der Waals surface area (Å²) in [5, 5.41) is 24.2. The van der Waals surface area contributed by atoms with Crippen LogP contribution in [-0.4, -0.2) is 35.9 Å². The molecule has 0 saturated carbocycles. The number of rotatable bonds is 8. The predicted octanol–water partition coefficient (Wildman–Crippen LogP) is 1.29. The molecule has 0 aliphatic rings. The van der Waals surface area contributed by atoms with Crippen molar-refractivity contribution in [3.05, 3.63) is 29.3 Å². The van der Waals surface area contributed by atoms with Crippen LogP contribution in [0.25, 0.3) is 0 Å². The zero-order valence-electron chi connectivity index (χ0n) is 12.8. The molecule has 6 nitrogen and oxygen atoms in total. The SMILES string of the molecule is COc1cc(CNC(CCO)C(C)C)ccc1/C(N)=N/O. The molecule has 6 heteroatoms. The van der Waals surface area contributed by atoms with Crippen LogP contribution >= 0.6 is 0 Å². The lowest BCUT2D eigenvalue weighted by Gasteiger charge is -2.22. The van der Waals surface area contributed by atoms with Gasteiger partial charge in [-0.25, -0.2) is 0 Å². The van der Waals surface area contributed by atoms with E-state index in [0.29, 0.717) is 23.8 Å². The molecule has 1 aromatic rings. The van der Waals surface area contributed by atoms with Gasteiger partial charge in [-0.2, -0.15) is 0 Å². The number of aliphatic hydroxyl groups excluding tert-OH is 1. The number of hydrogen-bond donors (Lipinski definition) is 4. The van der Waals surface area contributed by atoms with Crippen LogP contribution in [0.15, 0.2) is 23.4 Å². The Kier molecular flexibility index (Phi) is 6.98. The first-order valence-corrected chi connectivity index (χ1v) is 7.02. The van der Waals surface area contributed by atoms with E-state index in [1.165, 1.54) is 0 Å². The highest BCUT2D eigenvalue weighted by Gasteiger charge is 2.13. The van der Waals surface area contributed by atoms with Crippen LogP contribution in [0.2, 0.25) is 0 Å². The first-order chi connectivity index (χ1) is 10.0. The van der Waals surface area contributed by atoms with Crippen LogP contribution in [0.5, 0.6) is 5.75 Å². The predicted molar refractivity (Wildman–Crippen MR) is 82.7 cm³/mol. The number of ether oxygens (including phenoxy) is 1. The third-order valence-corrected chi connectivity index (χ3v) is 3.46. The Balaban J connectivity index is 2.81. The molecule has 21 heavy (non-hydrogen) atoms. The lowest BCUT2D eigenvalue weighted by Crippen LogP contribution is -2.34. The van der Waals surface area contributed by atoms with Gasteiger partial charge in [-0.3, -0.25) is 0 Å². The molecule has 1 unspecified atom stereocenters. The van der Waals surface area contributed by atoms with Gasteiger partial charge in [0.25, 0.3) is 0 Å². The van der Waals surface area contributed by atoms with Gasteiger partial charge in [0.15, 0.2) is 5.84 Å².